The first-order chi connectivity index (χ1) is 7.66. The summed E-state index contributed by atoms with van der Waals surface area (Å²) in [6, 6.07) is 1.72. The van der Waals surface area contributed by atoms with Crippen LogP contribution in [-0.4, -0.2) is 25.7 Å². The molecule has 2 atom stereocenters. The second kappa shape index (κ2) is 3.08. The molecule has 1 aliphatic rings. The monoisotopic (exact) mass is 220 g/mol. The molecule has 2 heterocycles. The van der Waals surface area contributed by atoms with Gasteiger partial charge in [0.25, 0.3) is 5.56 Å². The molecule has 0 bridgehead atoms. The van der Waals surface area contributed by atoms with Crippen LogP contribution >= 0.6 is 0 Å². The SMILES string of the molecule is Nc1nc2c(ccn2C2CC[C@H]2O)c(=O)[nH]1. The number of nitrogens with zero attached hydrogens (tertiary/aromatic N) is 2. The average Bonchev–Trinajstić information content (AvgIpc) is 2.60. The second-order valence-electron chi connectivity index (χ2n) is 4.12. The van der Waals surface area contributed by atoms with Crippen molar-refractivity contribution in [1.29, 1.82) is 0 Å². The van der Waals surface area contributed by atoms with Crippen LogP contribution < -0.4 is 11.3 Å². The molecule has 0 amide bonds. The van der Waals surface area contributed by atoms with Crippen LogP contribution in [0.25, 0.3) is 11.0 Å². The van der Waals surface area contributed by atoms with E-state index in [9.17, 15) is 9.90 Å². The molecular formula is C10H12N4O2. The lowest BCUT2D eigenvalue weighted by Gasteiger charge is -2.33. The third-order valence-electron chi connectivity index (χ3n) is 3.16. The lowest BCUT2D eigenvalue weighted by Crippen LogP contribution is -2.33. The van der Waals surface area contributed by atoms with Crippen LogP contribution in [0.5, 0.6) is 0 Å². The summed E-state index contributed by atoms with van der Waals surface area (Å²) >= 11 is 0. The summed E-state index contributed by atoms with van der Waals surface area (Å²) < 4.78 is 1.83. The Hall–Kier alpha value is -1.82. The van der Waals surface area contributed by atoms with Gasteiger partial charge in [0.15, 0.2) is 0 Å². The quantitative estimate of drug-likeness (QED) is 0.630. The third kappa shape index (κ3) is 1.16. The fourth-order valence-electron chi connectivity index (χ4n) is 2.12. The molecule has 3 rings (SSSR count). The van der Waals surface area contributed by atoms with E-state index in [1.165, 1.54) is 0 Å². The maximum absolute atomic E-state index is 11.6. The Kier molecular flexibility index (Phi) is 1.81. The molecule has 0 aromatic carbocycles. The van der Waals surface area contributed by atoms with Gasteiger partial charge >= 0.3 is 0 Å². The standard InChI is InChI=1S/C10H12N4O2/c11-10-12-8-5(9(16)13-10)3-4-14(8)6-1-2-7(6)15/h3-4,6-7,15H,1-2H2,(H3,11,12,13,16)/t6?,7-/m1/s1. The Labute approximate surface area is 90.7 Å². The van der Waals surface area contributed by atoms with Gasteiger partial charge in [-0.1, -0.05) is 0 Å². The van der Waals surface area contributed by atoms with E-state index in [0.717, 1.165) is 12.8 Å². The maximum atomic E-state index is 11.6. The predicted octanol–water partition coefficient (Wildman–Crippen LogP) is 0.00260. The molecule has 0 aliphatic heterocycles. The number of hydrogen-bond acceptors (Lipinski definition) is 4. The number of rotatable bonds is 1. The number of H-pyrrole nitrogens is 1. The van der Waals surface area contributed by atoms with E-state index in [0.29, 0.717) is 11.0 Å². The van der Waals surface area contributed by atoms with Crippen molar-refractivity contribution in [2.45, 2.75) is 25.0 Å². The minimum absolute atomic E-state index is 0.0196. The fraction of sp³-hybridized carbons (Fsp3) is 0.400. The molecule has 6 nitrogen and oxygen atoms in total. The summed E-state index contributed by atoms with van der Waals surface area (Å²) in [5, 5.41) is 10.1. The number of nitrogens with one attached hydrogen (secondary N) is 1. The van der Waals surface area contributed by atoms with Crippen molar-refractivity contribution in [3.05, 3.63) is 22.6 Å². The molecule has 4 N–H and O–H groups in total. The zero-order chi connectivity index (χ0) is 11.3. The van der Waals surface area contributed by atoms with E-state index in [2.05, 4.69) is 9.97 Å². The highest BCUT2D eigenvalue weighted by Crippen LogP contribution is 2.34. The Bertz CT molecular complexity index is 600. The molecule has 1 saturated carbocycles. The van der Waals surface area contributed by atoms with Crippen LogP contribution in [0.15, 0.2) is 17.1 Å². The molecule has 0 radical (unpaired) electrons. The predicted molar refractivity (Wildman–Crippen MR) is 59.0 cm³/mol. The first kappa shape index (κ1) is 9.41. The first-order valence-corrected chi connectivity index (χ1v) is 5.21. The highest BCUT2D eigenvalue weighted by molar-refractivity contribution is 5.76. The number of fused-ring (bicyclic) bond motifs is 1. The van der Waals surface area contributed by atoms with Crippen molar-refractivity contribution in [1.82, 2.24) is 14.5 Å². The molecule has 0 saturated heterocycles. The molecular weight excluding hydrogens is 208 g/mol. The number of hydrogen-bond donors (Lipinski definition) is 3. The van der Waals surface area contributed by atoms with E-state index < -0.39 is 0 Å². The van der Waals surface area contributed by atoms with Crippen molar-refractivity contribution in [3.8, 4) is 0 Å². The fourth-order valence-corrected chi connectivity index (χ4v) is 2.12. The maximum Gasteiger partial charge on any atom is 0.261 e. The number of aromatic amines is 1. The van der Waals surface area contributed by atoms with E-state index in [1.54, 1.807) is 12.3 Å². The van der Waals surface area contributed by atoms with E-state index in [4.69, 9.17) is 5.73 Å². The van der Waals surface area contributed by atoms with Crippen molar-refractivity contribution in [2.24, 2.45) is 0 Å². The Morgan fingerprint density at radius 2 is 2.38 bits per heavy atom. The third-order valence-corrected chi connectivity index (χ3v) is 3.16. The van der Waals surface area contributed by atoms with Gasteiger partial charge in [0.2, 0.25) is 5.95 Å². The number of aliphatic hydroxyl groups excluding tert-OH is 1. The summed E-state index contributed by atoms with van der Waals surface area (Å²) in [4.78, 5) is 18.1. The van der Waals surface area contributed by atoms with Gasteiger partial charge in [-0.25, -0.2) is 0 Å². The topological polar surface area (TPSA) is 96.9 Å². The number of aromatic nitrogens is 3. The molecule has 16 heavy (non-hydrogen) atoms. The van der Waals surface area contributed by atoms with Crippen molar-refractivity contribution in [2.75, 3.05) is 5.73 Å². The molecule has 0 spiro atoms. The minimum Gasteiger partial charge on any atom is -0.391 e. The van der Waals surface area contributed by atoms with Crippen LogP contribution in [0.4, 0.5) is 5.95 Å². The van der Waals surface area contributed by atoms with Crippen LogP contribution in [0.3, 0.4) is 0 Å². The minimum atomic E-state index is -0.349. The van der Waals surface area contributed by atoms with Crippen molar-refractivity contribution in [3.63, 3.8) is 0 Å². The summed E-state index contributed by atoms with van der Waals surface area (Å²) in [5.41, 5.74) is 5.81. The number of anilines is 1. The Balaban J connectivity index is 2.23. The van der Waals surface area contributed by atoms with Gasteiger partial charge in [0.1, 0.15) is 5.65 Å². The molecule has 1 unspecified atom stereocenters. The van der Waals surface area contributed by atoms with E-state index in [-0.39, 0.29) is 23.7 Å². The Morgan fingerprint density at radius 1 is 1.56 bits per heavy atom. The highest BCUT2D eigenvalue weighted by atomic mass is 16.3. The summed E-state index contributed by atoms with van der Waals surface area (Å²) in [5.74, 6) is 0.103. The van der Waals surface area contributed by atoms with E-state index >= 15 is 0 Å². The Morgan fingerprint density at radius 3 is 3.00 bits per heavy atom. The smallest absolute Gasteiger partial charge is 0.261 e. The number of aliphatic hydroxyl groups is 1. The van der Waals surface area contributed by atoms with E-state index in [1.807, 2.05) is 4.57 Å². The summed E-state index contributed by atoms with van der Waals surface area (Å²) in [6.07, 6.45) is 3.12. The number of nitrogen functional groups attached to an aromatic ring is 1. The molecule has 1 aliphatic carbocycles. The first-order valence-electron chi connectivity index (χ1n) is 5.21. The second-order valence-corrected chi connectivity index (χ2v) is 4.12. The largest absolute Gasteiger partial charge is 0.391 e. The van der Waals surface area contributed by atoms with Gasteiger partial charge in [0.05, 0.1) is 17.5 Å². The van der Waals surface area contributed by atoms with Crippen LogP contribution in [-0.2, 0) is 0 Å². The van der Waals surface area contributed by atoms with Gasteiger partial charge in [-0.2, -0.15) is 4.98 Å². The molecule has 1 fully saturated rings. The average molecular weight is 220 g/mol. The zero-order valence-corrected chi connectivity index (χ0v) is 8.55. The zero-order valence-electron chi connectivity index (χ0n) is 8.55. The normalized spacial score (nSPS) is 24.6. The van der Waals surface area contributed by atoms with Crippen molar-refractivity contribution >= 4 is 17.0 Å². The van der Waals surface area contributed by atoms with Gasteiger partial charge in [-0.15, -0.1) is 0 Å². The summed E-state index contributed by atoms with van der Waals surface area (Å²) in [6.45, 7) is 0. The lowest BCUT2D eigenvalue weighted by atomic mass is 9.89. The molecule has 84 valence electrons. The highest BCUT2D eigenvalue weighted by Gasteiger charge is 2.31. The van der Waals surface area contributed by atoms with Crippen LogP contribution in [0.1, 0.15) is 18.9 Å². The summed E-state index contributed by atoms with van der Waals surface area (Å²) in [7, 11) is 0. The van der Waals surface area contributed by atoms with Gasteiger partial charge in [-0.05, 0) is 18.9 Å². The number of nitrogens with two attached hydrogens (primary N) is 1. The van der Waals surface area contributed by atoms with Gasteiger partial charge in [0, 0.05) is 6.20 Å². The lowest BCUT2D eigenvalue weighted by molar-refractivity contribution is 0.0336. The van der Waals surface area contributed by atoms with Crippen molar-refractivity contribution < 1.29 is 5.11 Å². The molecule has 6 heteroatoms. The molecule has 2 aromatic rings. The van der Waals surface area contributed by atoms with Gasteiger partial charge < -0.3 is 15.4 Å². The van der Waals surface area contributed by atoms with Crippen LogP contribution in [0, 0.1) is 0 Å². The van der Waals surface area contributed by atoms with Crippen LogP contribution in [0.2, 0.25) is 0 Å². The molecule has 2 aromatic heterocycles. The van der Waals surface area contributed by atoms with Gasteiger partial charge in [-0.3, -0.25) is 9.78 Å².